The van der Waals surface area contributed by atoms with Crippen LogP contribution >= 0.6 is 27.7 Å². The van der Waals surface area contributed by atoms with Crippen LogP contribution in [0.3, 0.4) is 0 Å². The van der Waals surface area contributed by atoms with Crippen LogP contribution in [0, 0.1) is 0 Å². The molecule has 0 fully saturated rings. The minimum atomic E-state index is 0.738. The van der Waals surface area contributed by atoms with Crippen LogP contribution in [0.1, 0.15) is 5.82 Å². The number of benzene rings is 1. The lowest BCUT2D eigenvalue weighted by molar-refractivity contribution is 0.771. The molecule has 0 saturated heterocycles. The van der Waals surface area contributed by atoms with E-state index in [1.165, 1.54) is 4.90 Å². The summed E-state index contributed by atoms with van der Waals surface area (Å²) in [5.41, 5.74) is 2.08. The van der Waals surface area contributed by atoms with E-state index in [0.717, 1.165) is 28.2 Å². The summed E-state index contributed by atoms with van der Waals surface area (Å²) in [4.78, 5) is 9.02. The van der Waals surface area contributed by atoms with Crippen LogP contribution in [0.25, 0.3) is 11.3 Å². The molecule has 0 unspecified atom stereocenters. The Hall–Kier alpha value is -0.780. The van der Waals surface area contributed by atoms with Crippen molar-refractivity contribution in [2.45, 2.75) is 11.4 Å². The molecule has 0 aliphatic rings. The quantitative estimate of drug-likeness (QED) is 0.851. The number of thioether (sulfide) groups is 1. The molecule has 2 aromatic rings. The van der Waals surface area contributed by atoms with Crippen LogP contribution in [0.4, 0.5) is 0 Å². The number of hydrogen-bond acceptors (Lipinski definition) is 3. The van der Waals surface area contributed by atoms with E-state index in [-0.39, 0.29) is 0 Å². The van der Waals surface area contributed by atoms with Gasteiger partial charge < -0.3 is 10.3 Å². The zero-order valence-corrected chi connectivity index (χ0v) is 12.2. The number of nitrogens with zero attached hydrogens (tertiary/aromatic N) is 1. The van der Waals surface area contributed by atoms with Crippen molar-refractivity contribution in [3.63, 3.8) is 0 Å². The van der Waals surface area contributed by atoms with Crippen molar-refractivity contribution in [2.75, 3.05) is 13.3 Å². The fraction of sp³-hybridized carbons (Fsp3) is 0.250. The maximum absolute atomic E-state index is 4.55. The second-order valence-electron chi connectivity index (χ2n) is 3.60. The molecule has 0 amide bonds. The first-order valence-corrected chi connectivity index (χ1v) is 7.29. The Balaban J connectivity index is 2.31. The average molecular weight is 312 g/mol. The van der Waals surface area contributed by atoms with E-state index in [0.29, 0.717) is 0 Å². The van der Waals surface area contributed by atoms with Gasteiger partial charge in [-0.3, -0.25) is 0 Å². The molecule has 90 valence electrons. The third-order valence-electron chi connectivity index (χ3n) is 2.42. The highest BCUT2D eigenvalue weighted by atomic mass is 79.9. The fourth-order valence-electron chi connectivity index (χ4n) is 1.59. The standard InChI is InChI=1S/C12H14BrN3S/c1-14-7-10-15-11(12(13)16-10)8-3-5-9(17-2)6-4-8/h3-6,14H,7H2,1-2H3,(H,15,16). The minimum absolute atomic E-state index is 0.738. The molecule has 1 aromatic heterocycles. The van der Waals surface area contributed by atoms with Crippen molar-refractivity contribution >= 4 is 27.7 Å². The summed E-state index contributed by atoms with van der Waals surface area (Å²) in [5, 5.41) is 3.08. The predicted molar refractivity (Wildman–Crippen MR) is 76.3 cm³/mol. The van der Waals surface area contributed by atoms with Gasteiger partial charge in [-0.25, -0.2) is 4.98 Å². The van der Waals surface area contributed by atoms with Gasteiger partial charge in [0.15, 0.2) is 0 Å². The molecule has 0 bridgehead atoms. The highest BCUT2D eigenvalue weighted by Crippen LogP contribution is 2.27. The van der Waals surface area contributed by atoms with Crippen LogP contribution in [-0.2, 0) is 6.54 Å². The predicted octanol–water partition coefficient (Wildman–Crippen LogP) is 3.28. The van der Waals surface area contributed by atoms with Gasteiger partial charge >= 0.3 is 0 Å². The zero-order valence-electron chi connectivity index (χ0n) is 9.75. The molecule has 1 aromatic carbocycles. The van der Waals surface area contributed by atoms with Crippen molar-refractivity contribution in [2.24, 2.45) is 0 Å². The summed E-state index contributed by atoms with van der Waals surface area (Å²) in [6.45, 7) is 0.738. The number of imidazole rings is 1. The molecule has 0 aliphatic heterocycles. The smallest absolute Gasteiger partial charge is 0.121 e. The van der Waals surface area contributed by atoms with Crippen molar-refractivity contribution in [3.8, 4) is 11.3 Å². The van der Waals surface area contributed by atoms with E-state index in [9.17, 15) is 0 Å². The highest BCUT2D eigenvalue weighted by molar-refractivity contribution is 9.10. The molecule has 5 heteroatoms. The van der Waals surface area contributed by atoms with Gasteiger partial charge in [-0.2, -0.15) is 0 Å². The summed E-state index contributed by atoms with van der Waals surface area (Å²) in [5.74, 6) is 0.934. The van der Waals surface area contributed by atoms with Crippen molar-refractivity contribution < 1.29 is 0 Å². The highest BCUT2D eigenvalue weighted by Gasteiger charge is 2.09. The van der Waals surface area contributed by atoms with Crippen LogP contribution < -0.4 is 5.32 Å². The summed E-state index contributed by atoms with van der Waals surface area (Å²) >= 11 is 5.25. The number of halogens is 1. The van der Waals surface area contributed by atoms with E-state index in [4.69, 9.17) is 0 Å². The molecule has 2 rings (SSSR count). The Kier molecular flexibility index (Phi) is 4.25. The molecule has 0 aliphatic carbocycles. The van der Waals surface area contributed by atoms with Gasteiger partial charge in [-0.05, 0) is 41.4 Å². The van der Waals surface area contributed by atoms with Crippen molar-refractivity contribution in [1.29, 1.82) is 0 Å². The maximum Gasteiger partial charge on any atom is 0.121 e. The molecular formula is C12H14BrN3S. The van der Waals surface area contributed by atoms with Crippen LogP contribution in [0.15, 0.2) is 33.8 Å². The second kappa shape index (κ2) is 5.71. The van der Waals surface area contributed by atoms with E-state index >= 15 is 0 Å². The molecule has 17 heavy (non-hydrogen) atoms. The lowest BCUT2D eigenvalue weighted by Crippen LogP contribution is -2.06. The van der Waals surface area contributed by atoms with Gasteiger partial charge in [0, 0.05) is 10.5 Å². The Bertz CT molecular complexity index is 493. The van der Waals surface area contributed by atoms with Crippen LogP contribution in [0.2, 0.25) is 0 Å². The summed E-state index contributed by atoms with van der Waals surface area (Å²) < 4.78 is 0.930. The SMILES string of the molecule is CNCc1nc(-c2ccc(SC)cc2)c(Br)[nH]1. The summed E-state index contributed by atoms with van der Waals surface area (Å²) in [6, 6.07) is 8.41. The Morgan fingerprint density at radius 1 is 1.35 bits per heavy atom. The van der Waals surface area contributed by atoms with Gasteiger partial charge in [0.05, 0.1) is 6.54 Å². The lowest BCUT2D eigenvalue weighted by atomic mass is 10.2. The second-order valence-corrected chi connectivity index (χ2v) is 5.28. The van der Waals surface area contributed by atoms with E-state index in [1.807, 2.05) is 7.05 Å². The number of aromatic amines is 1. The molecule has 2 N–H and O–H groups in total. The molecular weight excluding hydrogens is 298 g/mol. The first kappa shape index (κ1) is 12.7. The van der Waals surface area contributed by atoms with Gasteiger partial charge in [0.1, 0.15) is 16.1 Å². The van der Waals surface area contributed by atoms with Crippen molar-refractivity contribution in [1.82, 2.24) is 15.3 Å². The Morgan fingerprint density at radius 2 is 2.06 bits per heavy atom. The molecule has 3 nitrogen and oxygen atoms in total. The topological polar surface area (TPSA) is 40.7 Å². The van der Waals surface area contributed by atoms with Crippen LogP contribution in [0.5, 0.6) is 0 Å². The molecule has 0 radical (unpaired) electrons. The zero-order chi connectivity index (χ0) is 12.3. The molecule has 0 atom stereocenters. The lowest BCUT2D eigenvalue weighted by Gasteiger charge is -1.99. The monoisotopic (exact) mass is 311 g/mol. The van der Waals surface area contributed by atoms with Gasteiger partial charge in [0.2, 0.25) is 0 Å². The number of hydrogen-bond donors (Lipinski definition) is 2. The number of nitrogens with one attached hydrogen (secondary N) is 2. The largest absolute Gasteiger partial charge is 0.335 e. The number of H-pyrrole nitrogens is 1. The summed E-state index contributed by atoms with van der Waals surface area (Å²) in [6.07, 6.45) is 2.07. The van der Waals surface area contributed by atoms with E-state index < -0.39 is 0 Å². The first-order valence-electron chi connectivity index (χ1n) is 5.28. The van der Waals surface area contributed by atoms with E-state index in [1.54, 1.807) is 11.8 Å². The third-order valence-corrected chi connectivity index (χ3v) is 3.73. The average Bonchev–Trinajstić information content (AvgIpc) is 2.71. The van der Waals surface area contributed by atoms with Crippen LogP contribution in [-0.4, -0.2) is 23.3 Å². The van der Waals surface area contributed by atoms with Gasteiger partial charge in [-0.1, -0.05) is 12.1 Å². The maximum atomic E-state index is 4.55. The van der Waals surface area contributed by atoms with E-state index in [2.05, 4.69) is 61.7 Å². The van der Waals surface area contributed by atoms with Gasteiger partial charge in [-0.15, -0.1) is 11.8 Å². The molecule has 1 heterocycles. The molecule has 0 spiro atoms. The third kappa shape index (κ3) is 2.91. The summed E-state index contributed by atoms with van der Waals surface area (Å²) in [7, 11) is 1.91. The normalized spacial score (nSPS) is 10.8. The first-order chi connectivity index (χ1) is 8.24. The van der Waals surface area contributed by atoms with Crippen molar-refractivity contribution in [3.05, 3.63) is 34.7 Å². The van der Waals surface area contributed by atoms with Gasteiger partial charge in [0.25, 0.3) is 0 Å². The Morgan fingerprint density at radius 3 is 2.65 bits per heavy atom. The Labute approximate surface area is 114 Å². The number of rotatable bonds is 4. The number of aromatic nitrogens is 2. The fourth-order valence-corrected chi connectivity index (χ4v) is 2.54. The minimum Gasteiger partial charge on any atom is -0.335 e. The molecule has 0 saturated carbocycles.